The van der Waals surface area contributed by atoms with E-state index in [9.17, 15) is 19.2 Å². The molecule has 0 saturated heterocycles. The minimum atomic E-state index is -0.420. The molecule has 46 heavy (non-hydrogen) atoms. The number of carbonyl (C=O) groups is 4. The summed E-state index contributed by atoms with van der Waals surface area (Å²) in [5.74, 6) is -0.582. The first-order valence-corrected chi connectivity index (χ1v) is 16.8. The van der Waals surface area contributed by atoms with Crippen LogP contribution in [0.15, 0.2) is 45.5 Å². The van der Waals surface area contributed by atoms with Gasteiger partial charge in [-0.15, -0.1) is 0 Å². The number of hydrogen-bond donors (Lipinski definition) is 2. The van der Waals surface area contributed by atoms with Crippen LogP contribution in [0.1, 0.15) is 76.9 Å². The highest BCUT2D eigenvalue weighted by atomic mass is 33.1. The fourth-order valence-corrected chi connectivity index (χ4v) is 7.12. The van der Waals surface area contributed by atoms with Crippen molar-refractivity contribution >= 4 is 57.0 Å². The van der Waals surface area contributed by atoms with Gasteiger partial charge >= 0.3 is 11.9 Å². The van der Waals surface area contributed by atoms with Crippen LogP contribution in [0.3, 0.4) is 0 Å². The van der Waals surface area contributed by atoms with E-state index in [2.05, 4.69) is 9.97 Å². The number of pyridine rings is 2. The minimum Gasteiger partial charge on any atom is -0.466 e. The van der Waals surface area contributed by atoms with Crippen LogP contribution in [0.5, 0.6) is 0 Å². The molecule has 12 nitrogen and oxygen atoms in total. The Labute approximate surface area is 278 Å². The van der Waals surface area contributed by atoms with Crippen molar-refractivity contribution in [2.24, 2.45) is 0 Å². The van der Waals surface area contributed by atoms with Crippen LogP contribution in [-0.2, 0) is 41.7 Å². The number of nitrogens with zero attached hydrogens (tertiary/aromatic N) is 4. The Morgan fingerprint density at radius 1 is 0.652 bits per heavy atom. The number of nitrogen functional groups attached to an aromatic ring is 2. The SMILES string of the molecule is CC(=O)OCCC(SSC(CCOC(C)=O)=C(C)N(Cc1ccc(C)nc1N)C(C)=O)=C(C)N(Cc1ccc(C)nc1N)C(C)=O. The van der Waals surface area contributed by atoms with E-state index in [1.807, 2.05) is 52.0 Å². The van der Waals surface area contributed by atoms with Crippen molar-refractivity contribution in [3.05, 3.63) is 68.0 Å². The molecule has 2 aromatic heterocycles. The summed E-state index contributed by atoms with van der Waals surface area (Å²) in [6.45, 7) is 13.5. The van der Waals surface area contributed by atoms with Crippen molar-refractivity contribution in [3.8, 4) is 0 Å². The third-order valence-corrected chi connectivity index (χ3v) is 9.79. The zero-order chi connectivity index (χ0) is 34.6. The maximum absolute atomic E-state index is 12.9. The normalized spacial score (nSPS) is 12.1. The van der Waals surface area contributed by atoms with Gasteiger partial charge in [-0.25, -0.2) is 9.97 Å². The van der Waals surface area contributed by atoms with Gasteiger partial charge in [-0.05, 0) is 39.8 Å². The molecule has 0 spiro atoms. The van der Waals surface area contributed by atoms with Gasteiger partial charge in [0.2, 0.25) is 11.8 Å². The van der Waals surface area contributed by atoms with Crippen LogP contribution in [-0.4, -0.2) is 56.7 Å². The van der Waals surface area contributed by atoms with Crippen molar-refractivity contribution in [3.63, 3.8) is 0 Å². The van der Waals surface area contributed by atoms with Gasteiger partial charge in [0.25, 0.3) is 0 Å². The molecule has 0 fully saturated rings. The summed E-state index contributed by atoms with van der Waals surface area (Å²) in [6, 6.07) is 7.35. The quantitative estimate of drug-likeness (QED) is 0.182. The molecule has 0 saturated carbocycles. The molecule has 4 N–H and O–H groups in total. The first-order valence-electron chi connectivity index (χ1n) is 14.6. The number of aryl methyl sites for hydroxylation is 2. The lowest BCUT2D eigenvalue weighted by Crippen LogP contribution is -2.28. The molecular weight excluding hydrogens is 629 g/mol. The molecule has 0 unspecified atom stereocenters. The molecule has 0 bridgehead atoms. The van der Waals surface area contributed by atoms with Crippen molar-refractivity contribution in [1.82, 2.24) is 19.8 Å². The van der Waals surface area contributed by atoms with Gasteiger partial charge < -0.3 is 30.7 Å². The number of rotatable bonds is 15. The third kappa shape index (κ3) is 12.0. The second kappa shape index (κ2) is 18.2. The number of amides is 2. The standard InChI is InChI=1S/C32H44N6O6S2/c1-19-9-11-27(31(33)35-19)17-37(23(5)39)21(3)29(13-15-43-25(7)41)45-46-30(14-16-44-26(8)42)22(4)38(24(6)40)18-28-12-10-20(2)36-32(28)34/h9-12H,13-18H2,1-8H3,(H2,33,35)(H2,34,36). The molecule has 14 heteroatoms. The number of anilines is 2. The lowest BCUT2D eigenvalue weighted by Gasteiger charge is -2.27. The van der Waals surface area contributed by atoms with Crippen molar-refractivity contribution in [1.29, 1.82) is 0 Å². The van der Waals surface area contributed by atoms with Crippen LogP contribution in [0.25, 0.3) is 0 Å². The molecule has 250 valence electrons. The molecule has 0 radical (unpaired) electrons. The van der Waals surface area contributed by atoms with E-state index in [1.54, 1.807) is 9.80 Å². The van der Waals surface area contributed by atoms with Crippen LogP contribution >= 0.6 is 21.6 Å². The van der Waals surface area contributed by atoms with Gasteiger partial charge in [0.1, 0.15) is 11.6 Å². The smallest absolute Gasteiger partial charge is 0.302 e. The fraction of sp³-hybridized carbons (Fsp3) is 0.438. The topological polar surface area (TPSA) is 171 Å². The number of nitrogens with two attached hydrogens (primary N) is 2. The lowest BCUT2D eigenvalue weighted by molar-refractivity contribution is -0.141. The van der Waals surface area contributed by atoms with Crippen molar-refractivity contribution < 1.29 is 28.7 Å². The maximum atomic E-state index is 12.9. The zero-order valence-electron chi connectivity index (χ0n) is 27.8. The van der Waals surface area contributed by atoms with Crippen molar-refractivity contribution in [2.75, 3.05) is 24.7 Å². The number of esters is 2. The van der Waals surface area contributed by atoms with Crippen molar-refractivity contribution in [2.45, 2.75) is 81.3 Å². The zero-order valence-corrected chi connectivity index (χ0v) is 29.4. The largest absolute Gasteiger partial charge is 0.466 e. The summed E-state index contributed by atoms with van der Waals surface area (Å²) in [5, 5.41) is 0. The first kappa shape index (κ1) is 38.1. The molecule has 0 aliphatic carbocycles. The van der Waals surface area contributed by atoms with E-state index < -0.39 is 11.9 Å². The Morgan fingerprint density at radius 2 is 1.00 bits per heavy atom. The maximum Gasteiger partial charge on any atom is 0.302 e. The second-order valence-electron chi connectivity index (χ2n) is 10.6. The highest BCUT2D eigenvalue weighted by molar-refractivity contribution is 8.79. The van der Waals surface area contributed by atoms with E-state index in [1.165, 1.54) is 49.3 Å². The molecule has 2 aromatic rings. The van der Waals surface area contributed by atoms with E-state index >= 15 is 0 Å². The van der Waals surface area contributed by atoms with E-state index in [-0.39, 0.29) is 38.1 Å². The molecule has 2 amide bonds. The van der Waals surface area contributed by atoms with Gasteiger partial charge in [0, 0.05) is 84.3 Å². The van der Waals surface area contributed by atoms with Gasteiger partial charge in [0.05, 0.1) is 26.3 Å². The second-order valence-corrected chi connectivity index (χ2v) is 12.9. The molecule has 0 atom stereocenters. The highest BCUT2D eigenvalue weighted by Crippen LogP contribution is 2.43. The average Bonchev–Trinajstić information content (AvgIpc) is 2.95. The summed E-state index contributed by atoms with van der Waals surface area (Å²) >= 11 is 0. The minimum absolute atomic E-state index is 0.0975. The summed E-state index contributed by atoms with van der Waals surface area (Å²) < 4.78 is 10.5. The Balaban J connectivity index is 2.52. The molecule has 0 aromatic carbocycles. The van der Waals surface area contributed by atoms with Gasteiger partial charge in [-0.2, -0.15) is 0 Å². The van der Waals surface area contributed by atoms with E-state index in [0.717, 1.165) is 21.2 Å². The summed E-state index contributed by atoms with van der Waals surface area (Å²) in [7, 11) is 2.74. The molecular formula is C32H44N6O6S2. The van der Waals surface area contributed by atoms with Gasteiger partial charge in [-0.1, -0.05) is 33.7 Å². The Bertz CT molecular complexity index is 1400. The number of carbonyl (C=O) groups excluding carboxylic acids is 4. The van der Waals surface area contributed by atoms with Gasteiger partial charge in [-0.3, -0.25) is 19.2 Å². The predicted molar refractivity (Wildman–Crippen MR) is 182 cm³/mol. The number of ether oxygens (including phenoxy) is 2. The Hall–Kier alpha value is -4.04. The van der Waals surface area contributed by atoms with Gasteiger partial charge in [0.15, 0.2) is 0 Å². The first-order chi connectivity index (χ1) is 21.6. The predicted octanol–water partition coefficient (Wildman–Crippen LogP) is 5.41. The molecule has 0 aliphatic rings. The summed E-state index contributed by atoms with van der Waals surface area (Å²) in [5.41, 5.74) is 16.5. The monoisotopic (exact) mass is 672 g/mol. The summed E-state index contributed by atoms with van der Waals surface area (Å²) in [4.78, 5) is 62.3. The number of aromatic nitrogens is 2. The van der Waals surface area contributed by atoms with Crippen LogP contribution in [0.2, 0.25) is 0 Å². The van der Waals surface area contributed by atoms with E-state index in [0.29, 0.717) is 47.0 Å². The Morgan fingerprint density at radius 3 is 1.28 bits per heavy atom. The van der Waals surface area contributed by atoms with Crippen LogP contribution in [0.4, 0.5) is 11.6 Å². The summed E-state index contributed by atoms with van der Waals surface area (Å²) in [6.07, 6.45) is 0.652. The van der Waals surface area contributed by atoms with Crippen LogP contribution in [0, 0.1) is 13.8 Å². The average molecular weight is 673 g/mol. The molecule has 2 heterocycles. The highest BCUT2D eigenvalue weighted by Gasteiger charge is 2.22. The number of hydrogen-bond acceptors (Lipinski definition) is 12. The van der Waals surface area contributed by atoms with Crippen LogP contribution < -0.4 is 11.5 Å². The van der Waals surface area contributed by atoms with E-state index in [4.69, 9.17) is 20.9 Å². The molecule has 0 aliphatic heterocycles. The molecule has 2 rings (SSSR count). The fourth-order valence-electron chi connectivity index (χ4n) is 4.29. The Kier molecular flexibility index (Phi) is 15.1. The third-order valence-electron chi connectivity index (χ3n) is 6.85. The lowest BCUT2D eigenvalue weighted by atomic mass is 10.2. The number of allylic oxidation sites excluding steroid dienone is 2.